The Kier molecular flexibility index (Phi) is 7.82. The third-order valence-electron chi connectivity index (χ3n) is 4.25. The highest BCUT2D eigenvalue weighted by molar-refractivity contribution is 7.99. The smallest absolute Gasteiger partial charge is 0.226 e. The lowest BCUT2D eigenvalue weighted by atomic mass is 10.2. The van der Waals surface area contributed by atoms with E-state index in [0.29, 0.717) is 27.9 Å². The van der Waals surface area contributed by atoms with Gasteiger partial charge in [0.2, 0.25) is 5.91 Å². The van der Waals surface area contributed by atoms with Crippen LogP contribution in [0.15, 0.2) is 46.8 Å². The number of hydrogen-bond donors (Lipinski definition) is 1. The molecule has 1 N–H and O–H groups in total. The molecule has 1 amide bonds. The molecule has 0 radical (unpaired) electrons. The van der Waals surface area contributed by atoms with Crippen LogP contribution >= 0.6 is 23.1 Å². The van der Waals surface area contributed by atoms with E-state index in [1.165, 1.54) is 23.1 Å². The number of methoxy groups -OCH3 is 1. The Hall–Kier alpha value is -2.89. The molecule has 0 unspecified atom stereocenters. The molecule has 0 bridgehead atoms. The summed E-state index contributed by atoms with van der Waals surface area (Å²) in [7, 11) is 1.63. The topological polar surface area (TPSA) is 87.9 Å². The molecule has 0 spiro atoms. The van der Waals surface area contributed by atoms with Gasteiger partial charge in [-0.3, -0.25) is 4.79 Å². The number of pyridine rings is 1. The van der Waals surface area contributed by atoms with Gasteiger partial charge in [-0.15, -0.1) is 23.1 Å². The number of anilines is 1. The van der Waals surface area contributed by atoms with Crippen LogP contribution < -0.4 is 10.1 Å². The van der Waals surface area contributed by atoms with Gasteiger partial charge in [-0.05, 0) is 42.8 Å². The second kappa shape index (κ2) is 10.8. The molecule has 0 saturated heterocycles. The van der Waals surface area contributed by atoms with E-state index in [9.17, 15) is 10.1 Å². The molecule has 0 aliphatic carbocycles. The molecule has 154 valence electrons. The van der Waals surface area contributed by atoms with E-state index in [4.69, 9.17) is 4.74 Å². The average molecular weight is 439 g/mol. The molecule has 2 aromatic heterocycles. The maximum absolute atomic E-state index is 12.3. The lowest BCUT2D eigenvalue weighted by Crippen LogP contribution is -2.12. The van der Waals surface area contributed by atoms with E-state index in [2.05, 4.69) is 28.3 Å². The Labute approximate surface area is 184 Å². The van der Waals surface area contributed by atoms with Gasteiger partial charge >= 0.3 is 0 Å². The third kappa shape index (κ3) is 5.81. The lowest BCUT2D eigenvalue weighted by molar-refractivity contribution is -0.115. The van der Waals surface area contributed by atoms with Gasteiger partial charge in [0.15, 0.2) is 5.13 Å². The van der Waals surface area contributed by atoms with Gasteiger partial charge in [0.1, 0.15) is 16.8 Å². The van der Waals surface area contributed by atoms with Crippen molar-refractivity contribution in [1.82, 2.24) is 9.97 Å². The maximum atomic E-state index is 12.3. The normalized spacial score (nSPS) is 10.4. The number of nitriles is 1. The fourth-order valence-corrected chi connectivity index (χ4v) is 4.38. The number of carbonyl (C=O) groups is 1. The van der Waals surface area contributed by atoms with Crippen molar-refractivity contribution < 1.29 is 9.53 Å². The summed E-state index contributed by atoms with van der Waals surface area (Å²) in [6, 6.07) is 13.5. The van der Waals surface area contributed by atoms with Crippen molar-refractivity contribution in [2.45, 2.75) is 31.2 Å². The predicted octanol–water partition coefficient (Wildman–Crippen LogP) is 5.16. The van der Waals surface area contributed by atoms with Crippen LogP contribution in [0.3, 0.4) is 0 Å². The number of carbonyl (C=O) groups excluding carboxylic acids is 1. The number of benzene rings is 1. The summed E-state index contributed by atoms with van der Waals surface area (Å²) in [6.45, 7) is 2.09. The molecule has 0 fully saturated rings. The van der Waals surface area contributed by atoms with E-state index in [0.717, 1.165) is 35.5 Å². The van der Waals surface area contributed by atoms with Crippen LogP contribution in [0.2, 0.25) is 0 Å². The van der Waals surface area contributed by atoms with Crippen LogP contribution in [-0.4, -0.2) is 28.7 Å². The highest BCUT2D eigenvalue weighted by Crippen LogP contribution is 2.27. The van der Waals surface area contributed by atoms with Gasteiger partial charge in [0.25, 0.3) is 0 Å². The summed E-state index contributed by atoms with van der Waals surface area (Å²) in [5.41, 5.74) is 3.29. The minimum Gasteiger partial charge on any atom is -0.497 e. The number of thiazole rings is 1. The number of rotatable bonds is 9. The van der Waals surface area contributed by atoms with Crippen LogP contribution in [0.25, 0.3) is 11.3 Å². The molecule has 1 aromatic carbocycles. The predicted molar refractivity (Wildman–Crippen MR) is 121 cm³/mol. The highest BCUT2D eigenvalue weighted by atomic mass is 32.2. The van der Waals surface area contributed by atoms with Gasteiger partial charge in [-0.2, -0.15) is 5.26 Å². The Morgan fingerprint density at radius 1 is 1.23 bits per heavy atom. The Bertz CT molecular complexity index is 1040. The average Bonchev–Trinajstić information content (AvgIpc) is 3.22. The molecule has 2 heterocycles. The molecule has 6 nitrogen and oxygen atoms in total. The van der Waals surface area contributed by atoms with Crippen LogP contribution in [0.4, 0.5) is 5.13 Å². The third-order valence-corrected chi connectivity index (χ3v) is 6.00. The summed E-state index contributed by atoms with van der Waals surface area (Å²) in [5, 5.41) is 15.3. The van der Waals surface area contributed by atoms with Gasteiger partial charge in [0.05, 0.1) is 18.4 Å². The summed E-state index contributed by atoms with van der Waals surface area (Å²) in [4.78, 5) is 21.3. The standard InChI is InChI=1S/C22H22N4O2S2/c1-3-4-17-8-5-16(13-23)21(24-17)29-12-11-20(27)26-22-25-19(14-30-22)15-6-9-18(28-2)10-7-15/h5-10,14H,3-4,11-12H2,1-2H3,(H,25,26,27). The Balaban J connectivity index is 1.53. The van der Waals surface area contributed by atoms with Crippen molar-refractivity contribution in [2.24, 2.45) is 0 Å². The number of nitrogens with one attached hydrogen (secondary N) is 1. The number of aryl methyl sites for hydroxylation is 1. The molecular weight excluding hydrogens is 416 g/mol. The van der Waals surface area contributed by atoms with E-state index >= 15 is 0 Å². The number of ether oxygens (including phenoxy) is 1. The molecule has 0 atom stereocenters. The SMILES string of the molecule is CCCc1ccc(C#N)c(SCCC(=O)Nc2nc(-c3ccc(OC)cc3)cs2)n1. The lowest BCUT2D eigenvalue weighted by Gasteiger charge is -2.06. The Morgan fingerprint density at radius 2 is 2.03 bits per heavy atom. The minimum absolute atomic E-state index is 0.110. The van der Waals surface area contributed by atoms with Crippen molar-refractivity contribution in [1.29, 1.82) is 5.26 Å². The first-order chi connectivity index (χ1) is 14.6. The summed E-state index contributed by atoms with van der Waals surface area (Å²) < 4.78 is 5.17. The van der Waals surface area contributed by atoms with Gasteiger partial charge in [-0.25, -0.2) is 9.97 Å². The van der Waals surface area contributed by atoms with Crippen molar-refractivity contribution >= 4 is 34.1 Å². The zero-order chi connectivity index (χ0) is 21.3. The van der Waals surface area contributed by atoms with Crippen LogP contribution in [0, 0.1) is 11.3 Å². The van der Waals surface area contributed by atoms with E-state index < -0.39 is 0 Å². The molecule has 30 heavy (non-hydrogen) atoms. The molecule has 3 rings (SSSR count). The van der Waals surface area contributed by atoms with Crippen LogP contribution in [0.1, 0.15) is 31.0 Å². The van der Waals surface area contributed by atoms with E-state index in [1.807, 2.05) is 35.7 Å². The van der Waals surface area contributed by atoms with Gasteiger partial charge in [-0.1, -0.05) is 13.3 Å². The van der Waals surface area contributed by atoms with E-state index in [-0.39, 0.29) is 5.91 Å². The fourth-order valence-electron chi connectivity index (χ4n) is 2.72. The quantitative estimate of drug-likeness (QED) is 0.464. The monoisotopic (exact) mass is 438 g/mol. The second-order valence-corrected chi connectivity index (χ2v) is 8.37. The van der Waals surface area contributed by atoms with Gasteiger partial charge in [0, 0.05) is 28.8 Å². The maximum Gasteiger partial charge on any atom is 0.226 e. The summed E-state index contributed by atoms with van der Waals surface area (Å²) in [5.74, 6) is 1.22. The number of amides is 1. The fraction of sp³-hybridized carbons (Fsp3) is 0.273. The minimum atomic E-state index is -0.110. The van der Waals surface area contributed by atoms with Crippen LogP contribution in [0.5, 0.6) is 5.75 Å². The van der Waals surface area contributed by atoms with Crippen molar-refractivity contribution in [2.75, 3.05) is 18.2 Å². The zero-order valence-electron chi connectivity index (χ0n) is 16.8. The molecule has 3 aromatic rings. The van der Waals surface area contributed by atoms with E-state index in [1.54, 1.807) is 13.2 Å². The molecular formula is C22H22N4O2S2. The van der Waals surface area contributed by atoms with Crippen LogP contribution in [-0.2, 0) is 11.2 Å². The first kappa shape index (κ1) is 21.8. The highest BCUT2D eigenvalue weighted by Gasteiger charge is 2.11. The molecule has 0 aliphatic rings. The van der Waals surface area contributed by atoms with Crippen molar-refractivity contribution in [3.8, 4) is 23.1 Å². The number of aromatic nitrogens is 2. The Morgan fingerprint density at radius 3 is 2.73 bits per heavy atom. The van der Waals surface area contributed by atoms with Crippen molar-refractivity contribution in [3.63, 3.8) is 0 Å². The number of hydrogen-bond acceptors (Lipinski definition) is 7. The largest absolute Gasteiger partial charge is 0.497 e. The second-order valence-electron chi connectivity index (χ2n) is 6.43. The zero-order valence-corrected chi connectivity index (χ0v) is 18.5. The summed E-state index contributed by atoms with van der Waals surface area (Å²) >= 11 is 2.82. The number of thioether (sulfide) groups is 1. The first-order valence-electron chi connectivity index (χ1n) is 9.55. The number of nitrogens with zero attached hydrogens (tertiary/aromatic N) is 3. The molecule has 8 heteroatoms. The molecule has 0 aliphatic heterocycles. The van der Waals surface area contributed by atoms with Crippen molar-refractivity contribution in [3.05, 3.63) is 53.0 Å². The molecule has 0 saturated carbocycles. The summed E-state index contributed by atoms with van der Waals surface area (Å²) in [6.07, 6.45) is 2.19. The first-order valence-corrected chi connectivity index (χ1v) is 11.4. The van der Waals surface area contributed by atoms with Gasteiger partial charge < -0.3 is 10.1 Å².